The van der Waals surface area contributed by atoms with Crippen molar-refractivity contribution in [3.8, 4) is 0 Å². The number of carbonyl (C=O) groups is 1. The molecule has 2 aromatic heterocycles. The Kier molecular flexibility index (Phi) is 4.31. The number of nitrogens with one attached hydrogen (secondary N) is 1. The van der Waals surface area contributed by atoms with Gasteiger partial charge in [-0.3, -0.25) is 14.9 Å². The molecule has 9 heteroatoms. The number of hydrogen-bond donors (Lipinski definition) is 1. The average molecular weight is 293 g/mol. The Morgan fingerprint density at radius 1 is 1.50 bits per heavy atom. The van der Waals surface area contributed by atoms with Crippen molar-refractivity contribution in [3.63, 3.8) is 0 Å². The third kappa shape index (κ3) is 3.54. The van der Waals surface area contributed by atoms with Crippen molar-refractivity contribution in [3.05, 3.63) is 40.8 Å². The predicted octanol–water partition coefficient (Wildman–Crippen LogP) is 1.45. The van der Waals surface area contributed by atoms with Crippen molar-refractivity contribution in [2.75, 3.05) is 11.1 Å². The normalized spacial score (nSPS) is 10.2. The number of nitro groups is 1. The Labute approximate surface area is 118 Å². The molecular formula is C11H11N5O3S. The number of thioether (sulfide) groups is 1. The molecule has 0 aliphatic carbocycles. The molecule has 0 unspecified atom stereocenters. The van der Waals surface area contributed by atoms with Gasteiger partial charge in [0, 0.05) is 25.5 Å². The van der Waals surface area contributed by atoms with E-state index in [1.165, 1.54) is 23.9 Å². The number of amides is 1. The summed E-state index contributed by atoms with van der Waals surface area (Å²) in [5.74, 6) is 0.212. The number of imidazole rings is 1. The Morgan fingerprint density at radius 2 is 2.30 bits per heavy atom. The molecule has 0 aromatic carbocycles. The minimum atomic E-state index is -0.546. The van der Waals surface area contributed by atoms with E-state index in [-0.39, 0.29) is 23.2 Å². The van der Waals surface area contributed by atoms with Gasteiger partial charge in [0.1, 0.15) is 12.0 Å². The van der Waals surface area contributed by atoms with Gasteiger partial charge >= 0.3 is 0 Å². The minimum absolute atomic E-state index is 0.120. The van der Waals surface area contributed by atoms with Gasteiger partial charge in [0.15, 0.2) is 5.16 Å². The Balaban J connectivity index is 1.88. The van der Waals surface area contributed by atoms with E-state index in [0.717, 1.165) is 11.4 Å². The number of rotatable bonds is 5. The maximum Gasteiger partial charge on any atom is 0.287 e. The van der Waals surface area contributed by atoms with Crippen molar-refractivity contribution in [1.29, 1.82) is 0 Å². The smallest absolute Gasteiger partial charge is 0.287 e. The van der Waals surface area contributed by atoms with Crippen LogP contribution in [0.5, 0.6) is 0 Å². The van der Waals surface area contributed by atoms with Crippen molar-refractivity contribution < 1.29 is 9.72 Å². The zero-order valence-electron chi connectivity index (χ0n) is 10.5. The summed E-state index contributed by atoms with van der Waals surface area (Å²) in [7, 11) is 1.84. The number of pyridine rings is 1. The van der Waals surface area contributed by atoms with E-state index in [9.17, 15) is 14.9 Å². The summed E-state index contributed by atoms with van der Waals surface area (Å²) in [6.07, 6.45) is 4.54. The molecule has 2 heterocycles. The van der Waals surface area contributed by atoms with Crippen LogP contribution in [0.3, 0.4) is 0 Å². The monoisotopic (exact) mass is 293 g/mol. The molecule has 0 radical (unpaired) electrons. The van der Waals surface area contributed by atoms with Crippen LogP contribution in [0.4, 0.5) is 11.5 Å². The van der Waals surface area contributed by atoms with E-state index in [2.05, 4.69) is 15.3 Å². The Morgan fingerprint density at radius 3 is 2.85 bits per heavy atom. The van der Waals surface area contributed by atoms with Gasteiger partial charge in [0.25, 0.3) is 5.69 Å². The zero-order chi connectivity index (χ0) is 14.5. The lowest BCUT2D eigenvalue weighted by Gasteiger charge is -2.04. The third-order valence-electron chi connectivity index (χ3n) is 2.34. The van der Waals surface area contributed by atoms with Gasteiger partial charge < -0.3 is 9.88 Å². The van der Waals surface area contributed by atoms with Crippen LogP contribution in [0.15, 0.2) is 35.9 Å². The summed E-state index contributed by atoms with van der Waals surface area (Å²) in [5, 5.41) is 13.8. The number of carbonyl (C=O) groups excluding carboxylic acids is 1. The molecule has 1 amide bonds. The average Bonchev–Trinajstić information content (AvgIpc) is 2.82. The second kappa shape index (κ2) is 6.15. The first-order chi connectivity index (χ1) is 9.56. The zero-order valence-corrected chi connectivity index (χ0v) is 11.3. The van der Waals surface area contributed by atoms with Crippen molar-refractivity contribution in [2.45, 2.75) is 5.16 Å². The highest BCUT2D eigenvalue weighted by Gasteiger charge is 2.09. The van der Waals surface area contributed by atoms with Gasteiger partial charge in [0.05, 0.1) is 10.7 Å². The van der Waals surface area contributed by atoms with Crippen molar-refractivity contribution >= 4 is 29.2 Å². The second-order valence-corrected chi connectivity index (χ2v) is 4.76. The molecule has 0 saturated heterocycles. The van der Waals surface area contributed by atoms with E-state index < -0.39 is 4.92 Å². The molecule has 0 spiro atoms. The molecule has 1 N–H and O–H groups in total. The largest absolute Gasteiger partial charge is 0.329 e. The van der Waals surface area contributed by atoms with E-state index in [4.69, 9.17) is 0 Å². The summed E-state index contributed by atoms with van der Waals surface area (Å²) in [6, 6.07) is 2.68. The van der Waals surface area contributed by atoms with Crippen LogP contribution in [0.25, 0.3) is 0 Å². The van der Waals surface area contributed by atoms with Crippen LogP contribution in [-0.4, -0.2) is 31.1 Å². The SMILES string of the molecule is Cn1ccnc1SCC(=O)Nc1ccc([N+](=O)[O-])cn1. The first-order valence-electron chi connectivity index (χ1n) is 5.56. The fraction of sp³-hybridized carbons (Fsp3) is 0.182. The molecule has 20 heavy (non-hydrogen) atoms. The quantitative estimate of drug-likeness (QED) is 0.508. The first-order valence-corrected chi connectivity index (χ1v) is 6.55. The highest BCUT2D eigenvalue weighted by molar-refractivity contribution is 7.99. The summed E-state index contributed by atoms with van der Waals surface area (Å²) < 4.78 is 1.81. The molecule has 2 aromatic rings. The van der Waals surface area contributed by atoms with Gasteiger partial charge in [-0.05, 0) is 6.07 Å². The highest BCUT2D eigenvalue weighted by atomic mass is 32.2. The van der Waals surface area contributed by atoms with Crippen LogP contribution < -0.4 is 5.32 Å². The van der Waals surface area contributed by atoms with Gasteiger partial charge in [-0.2, -0.15) is 0 Å². The van der Waals surface area contributed by atoms with E-state index in [1.807, 2.05) is 11.6 Å². The fourth-order valence-corrected chi connectivity index (χ4v) is 2.10. The summed E-state index contributed by atoms with van der Waals surface area (Å²) in [6.45, 7) is 0. The number of nitrogens with zero attached hydrogens (tertiary/aromatic N) is 4. The molecule has 0 bridgehead atoms. The van der Waals surface area contributed by atoms with Crippen LogP contribution in [0.1, 0.15) is 0 Å². The van der Waals surface area contributed by atoms with Gasteiger partial charge in [-0.15, -0.1) is 0 Å². The molecule has 2 rings (SSSR count). The van der Waals surface area contributed by atoms with Crippen LogP contribution in [-0.2, 0) is 11.8 Å². The van der Waals surface area contributed by atoms with E-state index in [0.29, 0.717) is 0 Å². The van der Waals surface area contributed by atoms with Crippen LogP contribution >= 0.6 is 11.8 Å². The van der Waals surface area contributed by atoms with Gasteiger partial charge in [-0.1, -0.05) is 11.8 Å². The van der Waals surface area contributed by atoms with E-state index >= 15 is 0 Å². The van der Waals surface area contributed by atoms with Crippen molar-refractivity contribution in [1.82, 2.24) is 14.5 Å². The number of hydrogen-bond acceptors (Lipinski definition) is 6. The molecule has 0 fully saturated rings. The second-order valence-electron chi connectivity index (χ2n) is 3.82. The van der Waals surface area contributed by atoms with Gasteiger partial charge in [-0.25, -0.2) is 9.97 Å². The number of aromatic nitrogens is 3. The molecule has 104 valence electrons. The summed E-state index contributed by atoms with van der Waals surface area (Å²) in [5.41, 5.74) is -0.120. The first kappa shape index (κ1) is 14.0. The van der Waals surface area contributed by atoms with Crippen LogP contribution in [0, 0.1) is 10.1 Å². The molecule has 0 aliphatic rings. The summed E-state index contributed by atoms with van der Waals surface area (Å²) >= 11 is 1.29. The molecule has 0 saturated carbocycles. The predicted molar refractivity (Wildman–Crippen MR) is 73.5 cm³/mol. The number of anilines is 1. The van der Waals surface area contributed by atoms with Crippen molar-refractivity contribution in [2.24, 2.45) is 7.05 Å². The highest BCUT2D eigenvalue weighted by Crippen LogP contribution is 2.15. The summed E-state index contributed by atoms with van der Waals surface area (Å²) in [4.78, 5) is 29.5. The molecule has 0 aliphatic heterocycles. The van der Waals surface area contributed by atoms with Crippen LogP contribution in [0.2, 0.25) is 0 Å². The lowest BCUT2D eigenvalue weighted by molar-refractivity contribution is -0.385. The van der Waals surface area contributed by atoms with E-state index in [1.54, 1.807) is 12.4 Å². The topological polar surface area (TPSA) is 103 Å². The molecule has 0 atom stereocenters. The maximum absolute atomic E-state index is 11.7. The molecule has 8 nitrogen and oxygen atoms in total. The standard InChI is InChI=1S/C11H11N5O3S/c1-15-5-4-12-11(15)20-7-10(17)14-9-3-2-8(6-13-9)16(18)19/h2-6H,7H2,1H3,(H,13,14,17). The Bertz CT molecular complexity index is 625. The third-order valence-corrected chi connectivity index (χ3v) is 3.39. The molecular weight excluding hydrogens is 282 g/mol. The number of aryl methyl sites for hydroxylation is 1. The minimum Gasteiger partial charge on any atom is -0.329 e. The Hall–Kier alpha value is -2.42. The fourth-order valence-electron chi connectivity index (χ4n) is 1.37. The van der Waals surface area contributed by atoms with Gasteiger partial charge in [0.2, 0.25) is 5.91 Å². The maximum atomic E-state index is 11.7. The lowest BCUT2D eigenvalue weighted by atomic mass is 10.4. The lowest BCUT2D eigenvalue weighted by Crippen LogP contribution is -2.15.